The van der Waals surface area contributed by atoms with E-state index in [2.05, 4.69) is 34.5 Å². The van der Waals surface area contributed by atoms with Crippen molar-refractivity contribution in [3.8, 4) is 17.6 Å². The van der Waals surface area contributed by atoms with Gasteiger partial charge in [-0.3, -0.25) is 14.1 Å². The van der Waals surface area contributed by atoms with E-state index in [0.717, 1.165) is 18.2 Å². The quantitative estimate of drug-likeness (QED) is 0.135. The fourth-order valence-electron chi connectivity index (χ4n) is 4.37. The van der Waals surface area contributed by atoms with Gasteiger partial charge in [-0.15, -0.1) is 0 Å². The lowest BCUT2D eigenvalue weighted by Crippen LogP contribution is -2.35. The molecule has 3 aromatic heterocycles. The lowest BCUT2D eigenvalue weighted by atomic mass is 10.2. The number of nitrogens with zero attached hydrogens (tertiary/aromatic N) is 6. The van der Waals surface area contributed by atoms with Crippen molar-refractivity contribution in [2.75, 3.05) is 13.2 Å². The molecule has 0 bridgehead atoms. The van der Waals surface area contributed by atoms with Gasteiger partial charge in [0.15, 0.2) is 11.9 Å². The molecule has 51 heavy (non-hydrogen) atoms. The fourth-order valence-corrected chi connectivity index (χ4v) is 8.24. The Labute approximate surface area is 285 Å². The molecule has 0 N–H and O–H groups in total. The zero-order valence-electron chi connectivity index (χ0n) is 25.2. The molecule has 6 rings (SSSR count). The van der Waals surface area contributed by atoms with Crippen molar-refractivity contribution in [1.82, 2.24) is 20.6 Å². The molecule has 0 aliphatic heterocycles. The highest BCUT2D eigenvalue weighted by atomic mass is 32.2. The van der Waals surface area contributed by atoms with Gasteiger partial charge in [0.1, 0.15) is 13.2 Å². The molecule has 21 nitrogen and oxygen atoms in total. The first-order valence-corrected chi connectivity index (χ1v) is 18.4. The van der Waals surface area contributed by atoms with Gasteiger partial charge < -0.3 is 24.6 Å². The Kier molecular flexibility index (Phi) is 9.28. The van der Waals surface area contributed by atoms with Crippen molar-refractivity contribution in [2.45, 2.75) is 37.4 Å². The maximum absolute atomic E-state index is 13.3. The molecule has 0 spiro atoms. The summed E-state index contributed by atoms with van der Waals surface area (Å²) in [6.07, 6.45) is 1.13. The summed E-state index contributed by atoms with van der Waals surface area (Å²) in [5, 5.41) is 35.4. The zero-order chi connectivity index (χ0) is 36.4. The third-order valence-corrected chi connectivity index (χ3v) is 11.9. The Hall–Kier alpha value is -6.14. The van der Waals surface area contributed by atoms with Gasteiger partial charge >= 0.3 is 21.8 Å². The van der Waals surface area contributed by atoms with Gasteiger partial charge in [0.05, 0.1) is 25.0 Å². The third kappa shape index (κ3) is 6.86. The van der Waals surface area contributed by atoms with Gasteiger partial charge in [-0.05, 0) is 56.5 Å². The van der Waals surface area contributed by atoms with Crippen LogP contribution in [-0.2, 0) is 34.3 Å². The summed E-state index contributed by atoms with van der Waals surface area (Å²) in [6, 6.07) is 13.7. The minimum Gasteiger partial charge on any atom is -0.469 e. The Bertz CT molecular complexity index is 2480. The van der Waals surface area contributed by atoms with Crippen molar-refractivity contribution in [3.05, 3.63) is 94.2 Å². The molecule has 0 saturated heterocycles. The number of sulfone groups is 3. The molecular formula is C27H20N6O15S3. The van der Waals surface area contributed by atoms with E-state index in [1.54, 1.807) is 6.07 Å². The van der Waals surface area contributed by atoms with Crippen LogP contribution in [0.15, 0.2) is 123 Å². The van der Waals surface area contributed by atoms with Crippen molar-refractivity contribution >= 4 is 35.3 Å². The first-order chi connectivity index (χ1) is 24.3. The van der Waals surface area contributed by atoms with Crippen molar-refractivity contribution in [2.24, 2.45) is 0 Å². The highest BCUT2D eigenvalue weighted by Gasteiger charge is 2.41. The van der Waals surface area contributed by atoms with E-state index in [1.807, 2.05) is 0 Å². The molecule has 1 aliphatic carbocycles. The van der Waals surface area contributed by atoms with Crippen LogP contribution in [0.4, 0.5) is 0 Å². The van der Waals surface area contributed by atoms with E-state index in [4.69, 9.17) is 14.2 Å². The van der Waals surface area contributed by atoms with E-state index < -0.39 is 108 Å². The topological polar surface area (TPSA) is 292 Å². The average molecular weight is 765 g/mol. The molecular weight excluding hydrogens is 745 g/mol. The van der Waals surface area contributed by atoms with Crippen molar-refractivity contribution in [1.29, 1.82) is 0 Å². The summed E-state index contributed by atoms with van der Waals surface area (Å²) in [5.74, 6) is -3.11. The lowest BCUT2D eigenvalue weighted by molar-refractivity contribution is -0.832. The van der Waals surface area contributed by atoms with Crippen LogP contribution >= 0.6 is 0 Å². The first kappa shape index (κ1) is 34.7. The lowest BCUT2D eigenvalue weighted by Gasteiger charge is -2.16. The predicted molar refractivity (Wildman–Crippen MR) is 158 cm³/mol. The van der Waals surface area contributed by atoms with Crippen LogP contribution in [0, 0.1) is 10.4 Å². The standard InChI is InChI=1S/C27H20N6O15S3/c34-17-8-7-13-21(14-17)51(41,42)26-23(29-47-32(26)35)44-16-18(15-43-22-25(31-46-28-22)49(37,38)19-9-3-1-4-10-19)45-24-27(33(36)48-30-24)50(39,40)20-11-5-2-6-12-20/h1-13,18H,14-16H2. The molecule has 2 aromatic carbocycles. The predicted octanol–water partition coefficient (Wildman–Crippen LogP) is 0.0700. The number of aromatic nitrogens is 6. The Balaban J connectivity index is 1.32. The average Bonchev–Trinajstić information content (AvgIpc) is 3.85. The van der Waals surface area contributed by atoms with E-state index in [1.165, 1.54) is 54.6 Å². The maximum atomic E-state index is 13.3. The smallest absolute Gasteiger partial charge is 0.415 e. The van der Waals surface area contributed by atoms with Gasteiger partial charge in [0.25, 0.3) is 30.6 Å². The Morgan fingerprint density at radius 2 is 1.25 bits per heavy atom. The van der Waals surface area contributed by atoms with Crippen LogP contribution < -0.4 is 24.0 Å². The van der Waals surface area contributed by atoms with Crippen LogP contribution in [0.1, 0.15) is 6.42 Å². The molecule has 24 heteroatoms. The number of carbonyl (C=O) groups is 1. The summed E-state index contributed by atoms with van der Waals surface area (Å²) in [6.45, 7) is -1.70. The molecule has 1 aliphatic rings. The highest BCUT2D eigenvalue weighted by Crippen LogP contribution is 2.30. The zero-order valence-corrected chi connectivity index (χ0v) is 27.7. The molecule has 266 valence electrons. The molecule has 0 fully saturated rings. The number of ketones is 1. The fraction of sp³-hybridized carbons (Fsp3) is 0.148. The number of ether oxygens (including phenoxy) is 3. The molecule has 1 unspecified atom stereocenters. The summed E-state index contributed by atoms with van der Waals surface area (Å²) in [7, 11) is -13.7. The molecule has 0 radical (unpaired) electrons. The first-order valence-electron chi connectivity index (χ1n) is 14.0. The molecule has 0 amide bonds. The van der Waals surface area contributed by atoms with Gasteiger partial charge in [-0.1, -0.05) is 42.5 Å². The summed E-state index contributed by atoms with van der Waals surface area (Å²) < 4.78 is 110. The number of rotatable bonds is 14. The number of carbonyl (C=O) groups excluding carboxylic acids is 1. The molecule has 3 heterocycles. The van der Waals surface area contributed by atoms with Crippen LogP contribution in [0.25, 0.3) is 0 Å². The third-order valence-electron chi connectivity index (χ3n) is 6.74. The van der Waals surface area contributed by atoms with Crippen LogP contribution in [0.3, 0.4) is 0 Å². The SMILES string of the molecule is O=C1C=CC=C(S(=O)(=O)c2c(OCC(COc3nonc3S(=O)(=O)c3ccccc3)Oc3no[n+]([O-])c3S(=O)(=O)c3ccccc3)no[n+]2[O-])C1. The Morgan fingerprint density at radius 1 is 0.706 bits per heavy atom. The molecule has 5 aromatic rings. The van der Waals surface area contributed by atoms with Gasteiger partial charge in [0.2, 0.25) is 9.84 Å². The van der Waals surface area contributed by atoms with Gasteiger partial charge in [0, 0.05) is 6.42 Å². The van der Waals surface area contributed by atoms with E-state index in [-0.39, 0.29) is 9.79 Å². The second-order valence-corrected chi connectivity index (χ2v) is 15.7. The number of hydrogen-bond acceptors (Lipinski definition) is 19. The van der Waals surface area contributed by atoms with Crippen LogP contribution in [0.5, 0.6) is 17.6 Å². The monoisotopic (exact) mass is 764 g/mol. The van der Waals surface area contributed by atoms with Gasteiger partial charge in [-0.2, -0.15) is 0 Å². The molecule has 1 atom stereocenters. The summed E-state index contributed by atoms with van der Waals surface area (Å²) in [5.41, 5.74) is 0. The van der Waals surface area contributed by atoms with E-state index in [9.17, 15) is 40.5 Å². The van der Waals surface area contributed by atoms with E-state index in [0.29, 0.717) is 0 Å². The van der Waals surface area contributed by atoms with Gasteiger partial charge in [-0.25, -0.2) is 29.9 Å². The normalized spacial score (nSPS) is 14.2. The van der Waals surface area contributed by atoms with E-state index >= 15 is 0 Å². The largest absolute Gasteiger partial charge is 0.469 e. The second-order valence-electron chi connectivity index (χ2n) is 10.1. The summed E-state index contributed by atoms with van der Waals surface area (Å²) >= 11 is 0. The second kappa shape index (κ2) is 13.6. The number of allylic oxidation sites excluding steroid dienone is 4. The number of hydrogen-bond donors (Lipinski definition) is 0. The number of benzene rings is 2. The minimum absolute atomic E-state index is 0.198. The van der Waals surface area contributed by atoms with Crippen LogP contribution in [-0.4, -0.2) is 71.0 Å². The molecule has 0 saturated carbocycles. The maximum Gasteiger partial charge on any atom is 0.415 e. The minimum atomic E-state index is -4.73. The van der Waals surface area contributed by atoms with Crippen molar-refractivity contribution < 1.29 is 68.0 Å². The summed E-state index contributed by atoms with van der Waals surface area (Å²) in [4.78, 5) is 9.91. The van der Waals surface area contributed by atoms with Crippen LogP contribution in [0.2, 0.25) is 0 Å². The van der Waals surface area contributed by atoms with Crippen molar-refractivity contribution in [3.63, 3.8) is 0 Å². The highest BCUT2D eigenvalue weighted by molar-refractivity contribution is 7.95. The Morgan fingerprint density at radius 3 is 1.86 bits per heavy atom.